The molecular formula is C17H23ClO3S. The highest BCUT2D eigenvalue weighted by molar-refractivity contribution is 7.99. The predicted molar refractivity (Wildman–Crippen MR) is 89.9 cm³/mol. The monoisotopic (exact) mass is 342 g/mol. The molecule has 2 fully saturated rings. The Morgan fingerprint density at radius 1 is 1.27 bits per heavy atom. The lowest BCUT2D eigenvalue weighted by Gasteiger charge is -2.22. The second-order valence-corrected chi connectivity index (χ2v) is 7.88. The van der Waals surface area contributed by atoms with Crippen LogP contribution in [-0.4, -0.2) is 31.9 Å². The van der Waals surface area contributed by atoms with E-state index < -0.39 is 0 Å². The number of thioether (sulfide) groups is 1. The van der Waals surface area contributed by atoms with E-state index in [1.165, 1.54) is 0 Å². The molecule has 3 nitrogen and oxygen atoms in total. The maximum Gasteiger partial charge on any atom is 0.121 e. The zero-order valence-corrected chi connectivity index (χ0v) is 14.5. The highest BCUT2D eigenvalue weighted by Gasteiger charge is 2.23. The van der Waals surface area contributed by atoms with Gasteiger partial charge >= 0.3 is 0 Å². The van der Waals surface area contributed by atoms with Gasteiger partial charge in [0.25, 0.3) is 0 Å². The Bertz CT molecular complexity index is 491. The number of benzene rings is 1. The van der Waals surface area contributed by atoms with Crippen molar-refractivity contribution in [2.45, 2.75) is 36.5 Å². The molecule has 1 unspecified atom stereocenters. The summed E-state index contributed by atoms with van der Waals surface area (Å²) < 4.78 is 17.1. The Hall–Kier alpha value is -0.420. The minimum atomic E-state index is 0.233. The fraction of sp³-hybridized carbons (Fsp3) is 0.647. The molecule has 0 N–H and O–H groups in total. The molecule has 0 aromatic heterocycles. The first kappa shape index (κ1) is 16.4. The first-order valence-corrected chi connectivity index (χ1v) is 9.24. The Morgan fingerprint density at radius 2 is 2.09 bits per heavy atom. The third kappa shape index (κ3) is 4.79. The summed E-state index contributed by atoms with van der Waals surface area (Å²) in [5, 5.41) is 0.720. The van der Waals surface area contributed by atoms with E-state index in [1.54, 1.807) is 11.8 Å². The summed E-state index contributed by atoms with van der Waals surface area (Å²) in [6.45, 7) is 5.51. The maximum absolute atomic E-state index is 6.23. The number of ether oxygens (including phenoxy) is 3. The average Bonchev–Trinajstić information content (AvgIpc) is 2.91. The minimum Gasteiger partial charge on any atom is -0.493 e. The largest absolute Gasteiger partial charge is 0.493 e. The van der Waals surface area contributed by atoms with Gasteiger partial charge < -0.3 is 14.2 Å². The zero-order valence-electron chi connectivity index (χ0n) is 12.9. The lowest BCUT2D eigenvalue weighted by molar-refractivity contribution is 0.0497. The maximum atomic E-state index is 6.23. The van der Waals surface area contributed by atoms with Gasteiger partial charge in [0, 0.05) is 23.1 Å². The van der Waals surface area contributed by atoms with Crippen LogP contribution in [0.3, 0.4) is 0 Å². The van der Waals surface area contributed by atoms with Crippen molar-refractivity contribution in [3.8, 4) is 5.75 Å². The van der Waals surface area contributed by atoms with Crippen molar-refractivity contribution in [1.29, 1.82) is 0 Å². The molecule has 2 heterocycles. The molecule has 1 aromatic rings. The van der Waals surface area contributed by atoms with Crippen LogP contribution in [0.2, 0.25) is 5.02 Å². The highest BCUT2D eigenvalue weighted by atomic mass is 35.5. The van der Waals surface area contributed by atoms with Crippen LogP contribution in [0.15, 0.2) is 23.1 Å². The fourth-order valence-electron chi connectivity index (χ4n) is 2.79. The molecule has 122 valence electrons. The van der Waals surface area contributed by atoms with E-state index in [0.717, 1.165) is 61.4 Å². The van der Waals surface area contributed by atoms with Gasteiger partial charge in [-0.2, -0.15) is 0 Å². The van der Waals surface area contributed by atoms with Crippen LogP contribution < -0.4 is 4.74 Å². The number of hydrogen-bond acceptors (Lipinski definition) is 4. The van der Waals surface area contributed by atoms with Crippen LogP contribution in [-0.2, 0) is 9.47 Å². The van der Waals surface area contributed by atoms with Gasteiger partial charge in [-0.1, -0.05) is 30.3 Å². The first-order chi connectivity index (χ1) is 10.7. The first-order valence-electron chi connectivity index (χ1n) is 7.98. The molecule has 1 aromatic carbocycles. The van der Waals surface area contributed by atoms with E-state index in [0.29, 0.717) is 11.8 Å². The lowest BCUT2D eigenvalue weighted by atomic mass is 10.0. The number of rotatable bonds is 5. The fourth-order valence-corrected chi connectivity index (χ4v) is 4.33. The molecule has 5 heteroatoms. The molecule has 0 saturated carbocycles. The standard InChI is InChI=1S/C17H23ClO3S/c1-12-6-17(21-10-12)22-16-8-14(18)7-15(9-16)20-11-13-2-4-19-5-3-13/h7-9,12-13,17H,2-6,10-11H2,1H3/t12-,17?/m1/s1. The normalized spacial score (nSPS) is 26.3. The van der Waals surface area contributed by atoms with E-state index >= 15 is 0 Å². The Labute approximate surface area is 141 Å². The van der Waals surface area contributed by atoms with Crippen molar-refractivity contribution in [2.75, 3.05) is 26.4 Å². The summed E-state index contributed by atoms with van der Waals surface area (Å²) in [6.07, 6.45) is 3.25. The molecule has 2 aliphatic heterocycles. The van der Waals surface area contributed by atoms with Crippen LogP contribution in [0, 0.1) is 11.8 Å². The molecule has 2 saturated heterocycles. The average molecular weight is 343 g/mol. The van der Waals surface area contributed by atoms with Gasteiger partial charge in [0.05, 0.1) is 13.2 Å². The minimum absolute atomic E-state index is 0.233. The Morgan fingerprint density at radius 3 is 2.82 bits per heavy atom. The predicted octanol–water partition coefficient (Wildman–Crippen LogP) is 4.62. The lowest BCUT2D eigenvalue weighted by Crippen LogP contribution is -2.21. The van der Waals surface area contributed by atoms with Gasteiger partial charge in [0.1, 0.15) is 11.2 Å². The number of halogens is 1. The molecule has 0 aliphatic carbocycles. The van der Waals surface area contributed by atoms with Gasteiger partial charge in [0.2, 0.25) is 0 Å². The van der Waals surface area contributed by atoms with E-state index in [1.807, 2.05) is 12.1 Å². The van der Waals surface area contributed by atoms with Crippen LogP contribution in [0.5, 0.6) is 5.75 Å². The molecule has 0 bridgehead atoms. The van der Waals surface area contributed by atoms with Crippen LogP contribution in [0.25, 0.3) is 0 Å². The zero-order chi connectivity index (χ0) is 15.4. The van der Waals surface area contributed by atoms with E-state index in [9.17, 15) is 0 Å². The van der Waals surface area contributed by atoms with Gasteiger partial charge in [-0.15, -0.1) is 0 Å². The molecular weight excluding hydrogens is 320 g/mol. The molecule has 2 aliphatic rings. The summed E-state index contributed by atoms with van der Waals surface area (Å²) in [5.74, 6) is 2.08. The molecule has 0 spiro atoms. The van der Waals surface area contributed by atoms with Crippen molar-refractivity contribution in [3.63, 3.8) is 0 Å². The van der Waals surface area contributed by atoms with E-state index in [4.69, 9.17) is 25.8 Å². The quantitative estimate of drug-likeness (QED) is 0.780. The van der Waals surface area contributed by atoms with Crippen molar-refractivity contribution in [3.05, 3.63) is 23.2 Å². The SMILES string of the molecule is C[C@H]1COC(Sc2cc(Cl)cc(OCC3CCOCC3)c2)C1. The Kier molecular flexibility index (Phi) is 5.91. The number of hydrogen-bond donors (Lipinski definition) is 0. The van der Waals surface area contributed by atoms with Gasteiger partial charge in [-0.3, -0.25) is 0 Å². The highest BCUT2D eigenvalue weighted by Crippen LogP contribution is 2.36. The summed E-state index contributed by atoms with van der Waals surface area (Å²) in [5.41, 5.74) is 0.233. The van der Waals surface area contributed by atoms with Crippen LogP contribution in [0.1, 0.15) is 26.2 Å². The topological polar surface area (TPSA) is 27.7 Å². The van der Waals surface area contributed by atoms with Crippen molar-refractivity contribution >= 4 is 23.4 Å². The molecule has 22 heavy (non-hydrogen) atoms. The van der Waals surface area contributed by atoms with Gasteiger partial charge in [-0.05, 0) is 49.3 Å². The summed E-state index contributed by atoms with van der Waals surface area (Å²) in [7, 11) is 0. The van der Waals surface area contributed by atoms with Crippen molar-refractivity contribution in [1.82, 2.24) is 0 Å². The third-order valence-electron chi connectivity index (χ3n) is 4.10. The molecule has 3 rings (SSSR count). The third-order valence-corrected chi connectivity index (χ3v) is 5.42. The molecule has 0 amide bonds. The second kappa shape index (κ2) is 7.91. The summed E-state index contributed by atoms with van der Waals surface area (Å²) >= 11 is 7.97. The smallest absolute Gasteiger partial charge is 0.121 e. The van der Waals surface area contributed by atoms with Gasteiger partial charge in [0.15, 0.2) is 0 Å². The van der Waals surface area contributed by atoms with Crippen LogP contribution in [0.4, 0.5) is 0 Å². The van der Waals surface area contributed by atoms with Crippen molar-refractivity contribution < 1.29 is 14.2 Å². The summed E-state index contributed by atoms with van der Waals surface area (Å²) in [6, 6.07) is 5.95. The van der Waals surface area contributed by atoms with Gasteiger partial charge in [-0.25, -0.2) is 0 Å². The van der Waals surface area contributed by atoms with Crippen molar-refractivity contribution in [2.24, 2.45) is 11.8 Å². The van der Waals surface area contributed by atoms with E-state index in [-0.39, 0.29) is 5.44 Å². The molecule has 0 radical (unpaired) electrons. The second-order valence-electron chi connectivity index (χ2n) is 6.21. The van der Waals surface area contributed by atoms with Crippen LogP contribution >= 0.6 is 23.4 Å². The van der Waals surface area contributed by atoms with E-state index in [2.05, 4.69) is 13.0 Å². The Balaban J connectivity index is 1.57. The molecule has 2 atom stereocenters. The summed E-state index contributed by atoms with van der Waals surface area (Å²) in [4.78, 5) is 1.12.